The van der Waals surface area contributed by atoms with Gasteiger partial charge in [0, 0.05) is 44.6 Å². The number of ether oxygens (including phenoxy) is 1. The second-order valence-electron chi connectivity index (χ2n) is 5.41. The standard InChI is InChI=1S/C15H20F2N2O2/c1-18(2)7-8-21-15-10-12(16)14(9-13(15)17)19-5-3-11(20)4-6-19/h9-10H,3-8H2,1-2H3. The van der Waals surface area contributed by atoms with Crippen molar-refractivity contribution in [1.82, 2.24) is 4.90 Å². The molecule has 21 heavy (non-hydrogen) atoms. The SMILES string of the molecule is CN(C)CCOc1cc(F)c(N2CCC(=O)CC2)cc1F. The van der Waals surface area contributed by atoms with Crippen LogP contribution in [0.25, 0.3) is 0 Å². The van der Waals surface area contributed by atoms with Crippen LogP contribution in [-0.2, 0) is 4.79 Å². The Morgan fingerprint density at radius 2 is 1.86 bits per heavy atom. The lowest BCUT2D eigenvalue weighted by Crippen LogP contribution is -2.34. The molecule has 6 heteroatoms. The molecule has 0 N–H and O–H groups in total. The van der Waals surface area contributed by atoms with E-state index in [1.54, 1.807) is 4.90 Å². The smallest absolute Gasteiger partial charge is 0.167 e. The van der Waals surface area contributed by atoms with Gasteiger partial charge in [-0.15, -0.1) is 0 Å². The lowest BCUT2D eigenvalue weighted by atomic mass is 10.1. The third-order valence-electron chi connectivity index (χ3n) is 3.46. The van der Waals surface area contributed by atoms with E-state index in [4.69, 9.17) is 4.74 Å². The summed E-state index contributed by atoms with van der Waals surface area (Å²) in [5.74, 6) is -1.02. The molecule has 0 unspecified atom stereocenters. The number of piperidine rings is 1. The molecule has 0 saturated carbocycles. The molecule has 0 amide bonds. The van der Waals surface area contributed by atoms with Crippen molar-refractivity contribution in [2.24, 2.45) is 0 Å². The van der Waals surface area contributed by atoms with Crippen molar-refractivity contribution < 1.29 is 18.3 Å². The fourth-order valence-electron chi connectivity index (χ4n) is 2.21. The first-order chi connectivity index (χ1) is 9.97. The first-order valence-electron chi connectivity index (χ1n) is 7.00. The summed E-state index contributed by atoms with van der Waals surface area (Å²) in [5, 5.41) is 0. The number of rotatable bonds is 5. The summed E-state index contributed by atoms with van der Waals surface area (Å²) in [6.07, 6.45) is 0.754. The summed E-state index contributed by atoms with van der Waals surface area (Å²) in [7, 11) is 3.75. The van der Waals surface area contributed by atoms with Crippen LogP contribution >= 0.6 is 0 Å². The Balaban J connectivity index is 2.07. The van der Waals surface area contributed by atoms with Crippen molar-refractivity contribution >= 4 is 11.5 Å². The maximum absolute atomic E-state index is 14.1. The number of carbonyl (C=O) groups is 1. The zero-order valence-electron chi connectivity index (χ0n) is 12.4. The number of hydrogen-bond acceptors (Lipinski definition) is 4. The monoisotopic (exact) mass is 298 g/mol. The molecule has 2 rings (SSSR count). The molecule has 0 radical (unpaired) electrons. The van der Waals surface area contributed by atoms with Gasteiger partial charge in [-0.05, 0) is 14.1 Å². The molecule has 0 spiro atoms. The van der Waals surface area contributed by atoms with E-state index >= 15 is 0 Å². The topological polar surface area (TPSA) is 32.8 Å². The molecule has 1 fully saturated rings. The van der Waals surface area contributed by atoms with Gasteiger partial charge in [0.25, 0.3) is 0 Å². The number of hydrogen-bond donors (Lipinski definition) is 0. The van der Waals surface area contributed by atoms with Gasteiger partial charge in [-0.25, -0.2) is 8.78 Å². The molecule has 116 valence electrons. The maximum Gasteiger partial charge on any atom is 0.167 e. The molecule has 0 bridgehead atoms. The Labute approximate surface area is 123 Å². The van der Waals surface area contributed by atoms with Crippen molar-refractivity contribution in [2.45, 2.75) is 12.8 Å². The summed E-state index contributed by atoms with van der Waals surface area (Å²) < 4.78 is 33.4. The van der Waals surface area contributed by atoms with Crippen LogP contribution in [0.3, 0.4) is 0 Å². The minimum absolute atomic E-state index is 0.0776. The van der Waals surface area contributed by atoms with E-state index in [2.05, 4.69) is 0 Å². The van der Waals surface area contributed by atoms with Crippen LogP contribution < -0.4 is 9.64 Å². The number of likely N-dealkylation sites (N-methyl/N-ethyl adjacent to an activating group) is 1. The number of Topliss-reactive ketones (excluding diaryl/α,β-unsaturated/α-hetero) is 1. The molecule has 1 aromatic carbocycles. The zero-order chi connectivity index (χ0) is 15.4. The van der Waals surface area contributed by atoms with Crippen molar-refractivity contribution in [3.63, 3.8) is 0 Å². The van der Waals surface area contributed by atoms with Gasteiger partial charge in [-0.2, -0.15) is 0 Å². The van der Waals surface area contributed by atoms with E-state index in [0.29, 0.717) is 39.1 Å². The second-order valence-corrected chi connectivity index (χ2v) is 5.41. The molecule has 4 nitrogen and oxygen atoms in total. The number of benzene rings is 1. The highest BCUT2D eigenvalue weighted by atomic mass is 19.1. The normalized spacial score (nSPS) is 15.7. The van der Waals surface area contributed by atoms with Gasteiger partial charge in [0.15, 0.2) is 11.6 Å². The van der Waals surface area contributed by atoms with Gasteiger partial charge in [-0.1, -0.05) is 0 Å². The second kappa shape index (κ2) is 6.85. The molecule has 1 aromatic rings. The summed E-state index contributed by atoms with van der Waals surface area (Å²) in [5.41, 5.74) is 0.194. The number of carbonyl (C=O) groups excluding carboxylic acids is 1. The fourth-order valence-corrected chi connectivity index (χ4v) is 2.21. The van der Waals surface area contributed by atoms with Crippen LogP contribution in [0.2, 0.25) is 0 Å². The van der Waals surface area contributed by atoms with E-state index in [1.807, 2.05) is 19.0 Å². The Bertz CT molecular complexity index is 511. The lowest BCUT2D eigenvalue weighted by Gasteiger charge is -2.28. The van der Waals surface area contributed by atoms with Crippen molar-refractivity contribution in [3.05, 3.63) is 23.8 Å². The highest BCUT2D eigenvalue weighted by molar-refractivity contribution is 5.81. The third-order valence-corrected chi connectivity index (χ3v) is 3.46. The van der Waals surface area contributed by atoms with Gasteiger partial charge >= 0.3 is 0 Å². The number of anilines is 1. The van der Waals surface area contributed by atoms with Gasteiger partial charge in [0.05, 0.1) is 5.69 Å². The lowest BCUT2D eigenvalue weighted by molar-refractivity contribution is -0.119. The zero-order valence-corrected chi connectivity index (χ0v) is 12.4. The van der Waals surface area contributed by atoms with E-state index in [0.717, 1.165) is 12.1 Å². The molecule has 0 aliphatic carbocycles. The molecule has 0 atom stereocenters. The van der Waals surface area contributed by atoms with Crippen LogP contribution in [-0.4, -0.2) is 51.0 Å². The van der Waals surface area contributed by atoms with Crippen molar-refractivity contribution in [2.75, 3.05) is 45.2 Å². The third kappa shape index (κ3) is 4.14. The van der Waals surface area contributed by atoms with Crippen LogP contribution in [0.5, 0.6) is 5.75 Å². The summed E-state index contributed by atoms with van der Waals surface area (Å²) in [6.45, 7) is 1.77. The molecule has 1 saturated heterocycles. The first-order valence-corrected chi connectivity index (χ1v) is 7.00. The van der Waals surface area contributed by atoms with Crippen LogP contribution in [0.1, 0.15) is 12.8 Å². The van der Waals surface area contributed by atoms with E-state index in [-0.39, 0.29) is 17.2 Å². The van der Waals surface area contributed by atoms with E-state index in [9.17, 15) is 13.6 Å². The molecule has 1 heterocycles. The average molecular weight is 298 g/mol. The maximum atomic E-state index is 14.1. The molecular weight excluding hydrogens is 278 g/mol. The minimum Gasteiger partial charge on any atom is -0.489 e. The Morgan fingerprint density at radius 3 is 2.48 bits per heavy atom. The van der Waals surface area contributed by atoms with Crippen molar-refractivity contribution in [1.29, 1.82) is 0 Å². The Hall–Kier alpha value is -1.69. The molecule has 1 aliphatic heterocycles. The Morgan fingerprint density at radius 1 is 1.19 bits per heavy atom. The quantitative estimate of drug-likeness (QED) is 0.833. The summed E-state index contributed by atoms with van der Waals surface area (Å²) >= 11 is 0. The number of halogens is 2. The van der Waals surface area contributed by atoms with Crippen LogP contribution in [0.15, 0.2) is 12.1 Å². The average Bonchev–Trinajstić information content (AvgIpc) is 2.43. The minimum atomic E-state index is -0.581. The highest BCUT2D eigenvalue weighted by Gasteiger charge is 2.21. The first kappa shape index (κ1) is 15.7. The van der Waals surface area contributed by atoms with Crippen LogP contribution in [0.4, 0.5) is 14.5 Å². The number of nitrogens with zero attached hydrogens (tertiary/aromatic N) is 2. The van der Waals surface area contributed by atoms with Gasteiger partial charge in [-0.3, -0.25) is 4.79 Å². The largest absolute Gasteiger partial charge is 0.489 e. The van der Waals surface area contributed by atoms with E-state index in [1.165, 1.54) is 0 Å². The van der Waals surface area contributed by atoms with Gasteiger partial charge in [0.2, 0.25) is 0 Å². The summed E-state index contributed by atoms with van der Waals surface area (Å²) in [4.78, 5) is 14.8. The fraction of sp³-hybridized carbons (Fsp3) is 0.533. The van der Waals surface area contributed by atoms with Gasteiger partial charge < -0.3 is 14.5 Å². The molecular formula is C15H20F2N2O2. The molecule has 0 aromatic heterocycles. The predicted molar refractivity (Wildman–Crippen MR) is 76.9 cm³/mol. The van der Waals surface area contributed by atoms with E-state index < -0.39 is 11.6 Å². The Kier molecular flexibility index (Phi) is 5.12. The highest BCUT2D eigenvalue weighted by Crippen LogP contribution is 2.29. The number of ketones is 1. The van der Waals surface area contributed by atoms with Crippen molar-refractivity contribution in [3.8, 4) is 5.75 Å². The summed E-state index contributed by atoms with van der Waals surface area (Å²) in [6, 6.07) is 2.23. The molecule has 1 aliphatic rings. The predicted octanol–water partition coefficient (Wildman–Crippen LogP) is 2.07. The van der Waals surface area contributed by atoms with Gasteiger partial charge in [0.1, 0.15) is 18.2 Å². The van der Waals surface area contributed by atoms with Crippen LogP contribution in [0, 0.1) is 11.6 Å².